The van der Waals surface area contributed by atoms with Gasteiger partial charge in [0.2, 0.25) is 0 Å². The number of hydrogen-bond donors (Lipinski definition) is 0. The van der Waals surface area contributed by atoms with Crippen molar-refractivity contribution in [1.29, 1.82) is 0 Å². The van der Waals surface area contributed by atoms with E-state index >= 15 is 0 Å². The smallest absolute Gasteiger partial charge is 0.141 e. The molecule has 19 heavy (non-hydrogen) atoms. The quantitative estimate of drug-likeness (QED) is 0.726. The zero-order valence-electron chi connectivity index (χ0n) is 12.0. The van der Waals surface area contributed by atoms with Gasteiger partial charge in [0.1, 0.15) is 6.04 Å². The number of halogens is 1. The van der Waals surface area contributed by atoms with E-state index in [0.717, 1.165) is 9.51 Å². The van der Waals surface area contributed by atoms with Crippen LogP contribution in [-0.2, 0) is 0 Å². The normalized spacial score (nSPS) is 13.3. The van der Waals surface area contributed by atoms with Gasteiger partial charge in [0.15, 0.2) is 0 Å². The Morgan fingerprint density at radius 1 is 0.842 bits per heavy atom. The van der Waals surface area contributed by atoms with Crippen molar-refractivity contribution in [3.05, 3.63) is 70.2 Å². The summed E-state index contributed by atoms with van der Waals surface area (Å²) in [7, 11) is 6.63. The summed E-state index contributed by atoms with van der Waals surface area (Å²) < 4.78 is 0.814. The summed E-state index contributed by atoms with van der Waals surface area (Å²) in [5, 5.41) is 0.837. The number of hydrogen-bond acceptors (Lipinski definition) is 0. The summed E-state index contributed by atoms with van der Waals surface area (Å²) >= 11 is 6.42. The Morgan fingerprint density at radius 3 is 1.89 bits per heavy atom. The molecule has 100 valence electrons. The number of quaternary nitrogens is 1. The highest BCUT2D eigenvalue weighted by Gasteiger charge is 2.30. The van der Waals surface area contributed by atoms with Crippen LogP contribution in [0.4, 0.5) is 0 Å². The van der Waals surface area contributed by atoms with E-state index in [1.54, 1.807) is 0 Å². The summed E-state index contributed by atoms with van der Waals surface area (Å²) in [5.74, 6) is 0. The van der Waals surface area contributed by atoms with Gasteiger partial charge in [-0.1, -0.05) is 54.1 Å². The average Bonchev–Trinajstić information content (AvgIpc) is 2.33. The maximum Gasteiger partial charge on any atom is 0.141 e. The van der Waals surface area contributed by atoms with E-state index in [0.29, 0.717) is 0 Å². The minimum Gasteiger partial charge on any atom is -0.321 e. The summed E-state index contributed by atoms with van der Waals surface area (Å²) in [6.07, 6.45) is 0. The molecule has 0 saturated heterocycles. The van der Waals surface area contributed by atoms with E-state index < -0.39 is 0 Å². The Balaban J connectivity index is 2.62. The summed E-state index contributed by atoms with van der Waals surface area (Å²) in [6.45, 7) is 2.16. The van der Waals surface area contributed by atoms with Crippen LogP contribution in [0.15, 0.2) is 48.5 Å². The molecule has 0 radical (unpaired) electrons. The van der Waals surface area contributed by atoms with Crippen LogP contribution in [-0.4, -0.2) is 25.6 Å². The molecule has 0 spiro atoms. The summed E-state index contributed by atoms with van der Waals surface area (Å²) in [5.41, 5.74) is 3.83. The molecule has 2 heteroatoms. The highest BCUT2D eigenvalue weighted by Crippen LogP contribution is 2.36. The lowest BCUT2D eigenvalue weighted by Gasteiger charge is -2.36. The number of nitrogens with zero attached hydrogens (tertiary/aromatic N) is 1. The minimum atomic E-state index is 0.245. The third kappa shape index (κ3) is 2.99. The van der Waals surface area contributed by atoms with Crippen molar-refractivity contribution in [2.45, 2.75) is 13.0 Å². The predicted molar refractivity (Wildman–Crippen MR) is 82.5 cm³/mol. The second-order valence-corrected chi connectivity index (χ2v) is 6.30. The van der Waals surface area contributed by atoms with Gasteiger partial charge in [0, 0.05) is 11.1 Å². The third-order valence-electron chi connectivity index (χ3n) is 3.46. The number of rotatable bonds is 3. The highest BCUT2D eigenvalue weighted by atomic mass is 35.5. The van der Waals surface area contributed by atoms with Gasteiger partial charge < -0.3 is 4.48 Å². The predicted octanol–water partition coefficient (Wildman–Crippen LogP) is 4.44. The molecule has 1 unspecified atom stereocenters. The van der Waals surface area contributed by atoms with Gasteiger partial charge in [-0.2, -0.15) is 0 Å². The van der Waals surface area contributed by atoms with Gasteiger partial charge in [-0.3, -0.25) is 0 Å². The first-order valence-corrected chi connectivity index (χ1v) is 6.90. The van der Waals surface area contributed by atoms with Crippen LogP contribution in [0.2, 0.25) is 5.02 Å². The zero-order valence-corrected chi connectivity index (χ0v) is 12.8. The molecule has 0 heterocycles. The lowest BCUT2D eigenvalue weighted by Crippen LogP contribution is -2.39. The van der Waals surface area contributed by atoms with Crippen molar-refractivity contribution in [3.8, 4) is 0 Å². The average molecular weight is 275 g/mol. The van der Waals surface area contributed by atoms with Crippen molar-refractivity contribution in [2.75, 3.05) is 21.1 Å². The third-order valence-corrected chi connectivity index (χ3v) is 3.80. The van der Waals surface area contributed by atoms with E-state index in [9.17, 15) is 0 Å². The number of benzene rings is 2. The van der Waals surface area contributed by atoms with Gasteiger partial charge in [0.05, 0.1) is 26.2 Å². The fourth-order valence-electron chi connectivity index (χ4n) is 2.59. The second-order valence-electron chi connectivity index (χ2n) is 5.90. The van der Waals surface area contributed by atoms with E-state index in [1.165, 1.54) is 16.7 Å². The first kappa shape index (κ1) is 14.1. The van der Waals surface area contributed by atoms with Gasteiger partial charge in [-0.15, -0.1) is 0 Å². The maximum atomic E-state index is 6.42. The van der Waals surface area contributed by atoms with E-state index in [2.05, 4.69) is 64.5 Å². The maximum absolute atomic E-state index is 6.42. The monoisotopic (exact) mass is 274 g/mol. The molecule has 2 aromatic carbocycles. The van der Waals surface area contributed by atoms with E-state index in [-0.39, 0.29) is 6.04 Å². The molecule has 0 amide bonds. The van der Waals surface area contributed by atoms with Gasteiger partial charge in [0.25, 0.3) is 0 Å². The Hall–Kier alpha value is -1.31. The van der Waals surface area contributed by atoms with Crippen molar-refractivity contribution in [3.63, 3.8) is 0 Å². The van der Waals surface area contributed by atoms with Crippen LogP contribution >= 0.6 is 11.6 Å². The van der Waals surface area contributed by atoms with Gasteiger partial charge in [-0.05, 0) is 18.6 Å². The largest absolute Gasteiger partial charge is 0.321 e. The standard InChI is InChI=1S/C17H21ClN/c1-13-9-5-6-10-14(13)17(19(2,3)4)15-11-7-8-12-16(15)18/h5-12,17H,1-4H3/q+1. The molecule has 0 aromatic heterocycles. The molecule has 1 atom stereocenters. The van der Waals surface area contributed by atoms with Crippen LogP contribution in [0, 0.1) is 6.92 Å². The van der Waals surface area contributed by atoms with Crippen LogP contribution in [0.5, 0.6) is 0 Å². The molecule has 0 aliphatic carbocycles. The first-order valence-electron chi connectivity index (χ1n) is 6.52. The molecular weight excluding hydrogens is 254 g/mol. The van der Waals surface area contributed by atoms with Crippen LogP contribution in [0.25, 0.3) is 0 Å². The van der Waals surface area contributed by atoms with Gasteiger partial charge >= 0.3 is 0 Å². The molecular formula is C17H21ClN+. The van der Waals surface area contributed by atoms with Crippen molar-refractivity contribution < 1.29 is 4.48 Å². The van der Waals surface area contributed by atoms with Gasteiger partial charge in [-0.25, -0.2) is 0 Å². The fraction of sp³-hybridized carbons (Fsp3) is 0.294. The Morgan fingerprint density at radius 2 is 1.37 bits per heavy atom. The highest BCUT2D eigenvalue weighted by molar-refractivity contribution is 6.31. The molecule has 0 aliphatic rings. The SMILES string of the molecule is Cc1ccccc1C(c1ccccc1Cl)[N+](C)(C)C. The molecule has 0 aliphatic heterocycles. The van der Waals surface area contributed by atoms with Crippen LogP contribution in [0.3, 0.4) is 0 Å². The first-order chi connectivity index (χ1) is 8.91. The molecule has 0 bridgehead atoms. The van der Waals surface area contributed by atoms with Crippen molar-refractivity contribution in [2.24, 2.45) is 0 Å². The minimum absolute atomic E-state index is 0.245. The zero-order chi connectivity index (χ0) is 14.0. The van der Waals surface area contributed by atoms with E-state index in [4.69, 9.17) is 11.6 Å². The molecule has 0 N–H and O–H groups in total. The lowest BCUT2D eigenvalue weighted by atomic mass is 9.93. The van der Waals surface area contributed by atoms with Crippen LogP contribution < -0.4 is 0 Å². The van der Waals surface area contributed by atoms with Crippen molar-refractivity contribution in [1.82, 2.24) is 0 Å². The van der Waals surface area contributed by atoms with Crippen molar-refractivity contribution >= 4 is 11.6 Å². The second kappa shape index (κ2) is 5.36. The lowest BCUT2D eigenvalue weighted by molar-refractivity contribution is -0.896. The number of aryl methyl sites for hydroxylation is 1. The molecule has 2 rings (SSSR count). The van der Waals surface area contributed by atoms with E-state index in [1.807, 2.05) is 12.1 Å². The fourth-order valence-corrected chi connectivity index (χ4v) is 2.83. The molecule has 0 fully saturated rings. The molecule has 2 aromatic rings. The van der Waals surface area contributed by atoms with Crippen LogP contribution in [0.1, 0.15) is 22.7 Å². The Kier molecular flexibility index (Phi) is 3.98. The molecule has 1 nitrogen and oxygen atoms in total. The Labute approximate surface area is 121 Å². The summed E-state index contributed by atoms with van der Waals surface area (Å²) in [6, 6.07) is 16.9. The topological polar surface area (TPSA) is 0 Å². The Bertz CT molecular complexity index is 524. The summed E-state index contributed by atoms with van der Waals surface area (Å²) in [4.78, 5) is 0. The molecule has 0 saturated carbocycles.